The molecule has 0 atom stereocenters. The topological polar surface area (TPSA) is 73.0 Å². The van der Waals surface area contributed by atoms with Gasteiger partial charge in [0, 0.05) is 98.6 Å². The van der Waals surface area contributed by atoms with Crippen molar-refractivity contribution in [3.63, 3.8) is 0 Å². The fourth-order valence-electron chi connectivity index (χ4n) is 7.21. The maximum atomic E-state index is 3.44. The minimum absolute atomic E-state index is 0. The van der Waals surface area contributed by atoms with Crippen LogP contribution in [0, 0.1) is 0 Å². The van der Waals surface area contributed by atoms with E-state index in [0.717, 1.165) is 0 Å². The van der Waals surface area contributed by atoms with Gasteiger partial charge in [0.2, 0.25) is 0 Å². The summed E-state index contributed by atoms with van der Waals surface area (Å²) in [7, 11) is 0. The molecule has 70 heavy (non-hydrogen) atoms. The SMILES string of the molecule is C.C.C.C.CC(C)(C)c1c[nH]c2ccccc12.CC(C)(C)c1cc2ccccc2[nH]1.CC(C)(C)c1cc[nH]c1.CC(C)(C)c1ccc[nH]1.CC(C)(C)n1ccc2ccccc21.CC(C)(C)n1cccc1. The van der Waals surface area contributed by atoms with Crippen LogP contribution in [0.25, 0.3) is 32.7 Å². The Hall–Kier alpha value is -5.88. The molecule has 6 nitrogen and oxygen atoms in total. The smallest absolute Gasteiger partial charge is 0.0485 e. The molecular formula is C64H100N6. The van der Waals surface area contributed by atoms with Crippen LogP contribution in [0.1, 0.15) is 177 Å². The summed E-state index contributed by atoms with van der Waals surface area (Å²) in [5.41, 5.74) is 10.5. The summed E-state index contributed by atoms with van der Waals surface area (Å²) in [6, 6.07) is 40.1. The van der Waals surface area contributed by atoms with E-state index in [4.69, 9.17) is 0 Å². The zero-order valence-corrected chi connectivity index (χ0v) is 43.9. The van der Waals surface area contributed by atoms with Crippen LogP contribution in [-0.2, 0) is 32.7 Å². The maximum absolute atomic E-state index is 3.44. The zero-order valence-electron chi connectivity index (χ0n) is 43.9. The lowest BCUT2D eigenvalue weighted by atomic mass is 9.87. The fourth-order valence-corrected chi connectivity index (χ4v) is 7.21. The molecular weight excluding hydrogens is 853 g/mol. The molecule has 6 aromatic heterocycles. The average Bonchev–Trinajstić information content (AvgIpc) is 4.06. The molecule has 0 saturated carbocycles. The van der Waals surface area contributed by atoms with Crippen LogP contribution >= 0.6 is 0 Å². The van der Waals surface area contributed by atoms with Crippen molar-refractivity contribution in [3.8, 4) is 0 Å². The van der Waals surface area contributed by atoms with Crippen molar-refractivity contribution in [1.82, 2.24) is 29.1 Å². The van der Waals surface area contributed by atoms with Crippen molar-refractivity contribution < 1.29 is 0 Å². The summed E-state index contributed by atoms with van der Waals surface area (Å²) in [5, 5.41) is 3.96. The Morgan fingerprint density at radius 1 is 0.400 bits per heavy atom. The second kappa shape index (κ2) is 26.4. The third-order valence-corrected chi connectivity index (χ3v) is 11.3. The van der Waals surface area contributed by atoms with Gasteiger partial charge in [-0.05, 0) is 135 Å². The number of benzene rings is 3. The minimum Gasteiger partial charge on any atom is -0.367 e. The molecule has 6 heterocycles. The van der Waals surface area contributed by atoms with Gasteiger partial charge in [0.05, 0.1) is 0 Å². The van der Waals surface area contributed by atoms with Crippen LogP contribution in [0.2, 0.25) is 0 Å². The summed E-state index contributed by atoms with van der Waals surface area (Å²) in [6.45, 7) is 39.8. The van der Waals surface area contributed by atoms with Crippen molar-refractivity contribution in [1.29, 1.82) is 0 Å². The van der Waals surface area contributed by atoms with Gasteiger partial charge in [-0.3, -0.25) is 0 Å². The Kier molecular flexibility index (Phi) is 24.1. The Labute approximate surface area is 428 Å². The van der Waals surface area contributed by atoms with E-state index in [1.54, 1.807) is 0 Å². The van der Waals surface area contributed by atoms with Crippen molar-refractivity contribution in [2.45, 2.75) is 187 Å². The molecule has 0 fully saturated rings. The molecule has 3 aromatic carbocycles. The van der Waals surface area contributed by atoms with Crippen LogP contribution in [0.5, 0.6) is 0 Å². The van der Waals surface area contributed by atoms with Gasteiger partial charge in [-0.25, -0.2) is 0 Å². The molecule has 0 unspecified atom stereocenters. The monoisotopic (exact) mass is 953 g/mol. The highest BCUT2D eigenvalue weighted by molar-refractivity contribution is 5.84. The summed E-state index contributed by atoms with van der Waals surface area (Å²) in [5.74, 6) is 0. The Balaban J connectivity index is 0.000000814. The summed E-state index contributed by atoms with van der Waals surface area (Å²) in [4.78, 5) is 12.9. The molecule has 0 aliphatic carbocycles. The van der Waals surface area contributed by atoms with E-state index >= 15 is 0 Å². The molecule has 6 heteroatoms. The molecule has 0 aliphatic heterocycles. The number of para-hydroxylation sites is 3. The number of fused-ring (bicyclic) bond motifs is 3. The van der Waals surface area contributed by atoms with Gasteiger partial charge < -0.3 is 29.1 Å². The number of hydrogen-bond donors (Lipinski definition) is 4. The van der Waals surface area contributed by atoms with E-state index in [1.165, 1.54) is 55.2 Å². The van der Waals surface area contributed by atoms with E-state index in [2.05, 4.69) is 276 Å². The molecule has 386 valence electrons. The fraction of sp³-hybridized carbons (Fsp3) is 0.438. The number of nitrogens with one attached hydrogen (secondary N) is 4. The lowest BCUT2D eigenvalue weighted by Gasteiger charge is -2.22. The number of hydrogen-bond acceptors (Lipinski definition) is 0. The summed E-state index contributed by atoms with van der Waals surface area (Å²) >= 11 is 0. The summed E-state index contributed by atoms with van der Waals surface area (Å²) < 4.78 is 4.50. The van der Waals surface area contributed by atoms with Gasteiger partial charge in [-0.1, -0.05) is 167 Å². The third kappa shape index (κ3) is 19.1. The zero-order chi connectivity index (χ0) is 49.1. The third-order valence-electron chi connectivity index (χ3n) is 11.3. The first-order valence-electron chi connectivity index (χ1n) is 23.7. The quantitative estimate of drug-likeness (QED) is 0.117. The Morgan fingerprint density at radius 3 is 1.37 bits per heavy atom. The molecule has 9 aromatic rings. The van der Waals surface area contributed by atoms with Crippen molar-refractivity contribution in [2.24, 2.45) is 0 Å². The number of aromatic nitrogens is 6. The predicted molar refractivity (Wildman–Crippen MR) is 316 cm³/mol. The standard InChI is InChI=1S/3C12H15N.3C8H13N.4CH4/c1-12(2,3)13-9-8-10-6-4-5-7-11(10)13;1-12(2,3)10-8-13-11-7-5-4-6-9(10)11;1-12(2,3)11-8-9-6-4-5-7-10(9)13-11;1-8(2,3)7-4-5-9-6-7;1-8(2,3)9-6-4-5-7-9;1-8(2,3)7-5-4-6-9-7;;;;/h4-9H,1-3H3;2*4-8,13H,1-3H3;4-6,9H,1-3H3;4-7H,1-3H3;4-6,9H,1-3H3;4*1H4. The predicted octanol–water partition coefficient (Wildman–Crippen LogP) is 19.7. The highest BCUT2D eigenvalue weighted by Crippen LogP contribution is 2.30. The van der Waals surface area contributed by atoms with Crippen molar-refractivity contribution in [2.75, 3.05) is 0 Å². The van der Waals surface area contributed by atoms with Gasteiger partial charge in [0.25, 0.3) is 0 Å². The average molecular weight is 954 g/mol. The molecule has 0 radical (unpaired) electrons. The molecule has 0 bridgehead atoms. The van der Waals surface area contributed by atoms with Crippen LogP contribution in [0.4, 0.5) is 0 Å². The van der Waals surface area contributed by atoms with E-state index < -0.39 is 0 Å². The second-order valence-electron chi connectivity index (χ2n) is 23.4. The van der Waals surface area contributed by atoms with E-state index in [1.807, 2.05) is 36.8 Å². The molecule has 0 spiro atoms. The molecule has 0 amide bonds. The van der Waals surface area contributed by atoms with E-state index in [0.29, 0.717) is 5.41 Å². The number of aromatic amines is 4. The largest absolute Gasteiger partial charge is 0.367 e. The first-order chi connectivity index (χ1) is 30.6. The van der Waals surface area contributed by atoms with Crippen molar-refractivity contribution >= 4 is 32.7 Å². The lowest BCUT2D eigenvalue weighted by molar-refractivity contribution is 0.398. The van der Waals surface area contributed by atoms with Crippen LogP contribution in [0.15, 0.2) is 159 Å². The second-order valence-corrected chi connectivity index (χ2v) is 23.4. The van der Waals surface area contributed by atoms with Crippen LogP contribution in [-0.4, -0.2) is 29.1 Å². The lowest BCUT2D eigenvalue weighted by Crippen LogP contribution is -2.20. The van der Waals surface area contributed by atoms with Crippen molar-refractivity contribution in [3.05, 3.63) is 181 Å². The highest BCUT2D eigenvalue weighted by atomic mass is 15.0. The van der Waals surface area contributed by atoms with E-state index in [-0.39, 0.29) is 57.0 Å². The number of nitrogens with zero attached hydrogens (tertiary/aromatic N) is 2. The molecule has 0 saturated heterocycles. The first kappa shape index (κ1) is 64.1. The number of rotatable bonds is 0. The van der Waals surface area contributed by atoms with Crippen LogP contribution < -0.4 is 0 Å². The van der Waals surface area contributed by atoms with Gasteiger partial charge in [-0.15, -0.1) is 0 Å². The molecule has 0 aliphatic rings. The normalized spacial score (nSPS) is 11.4. The molecule has 4 N–H and O–H groups in total. The minimum atomic E-state index is 0. The molecule has 9 rings (SSSR count). The number of H-pyrrole nitrogens is 4. The van der Waals surface area contributed by atoms with Gasteiger partial charge in [-0.2, -0.15) is 0 Å². The first-order valence-corrected chi connectivity index (χ1v) is 23.7. The van der Waals surface area contributed by atoms with Gasteiger partial charge in [0.15, 0.2) is 0 Å². The van der Waals surface area contributed by atoms with Gasteiger partial charge in [0.1, 0.15) is 0 Å². The maximum Gasteiger partial charge on any atom is 0.0485 e. The summed E-state index contributed by atoms with van der Waals surface area (Å²) in [6.07, 6.45) is 14.4. The Bertz CT molecular complexity index is 2490. The Morgan fingerprint density at radius 2 is 0.943 bits per heavy atom. The van der Waals surface area contributed by atoms with Crippen LogP contribution in [0.3, 0.4) is 0 Å². The highest BCUT2D eigenvalue weighted by Gasteiger charge is 2.19. The van der Waals surface area contributed by atoms with Gasteiger partial charge >= 0.3 is 0 Å². The van der Waals surface area contributed by atoms with E-state index in [9.17, 15) is 0 Å².